The average Bonchev–Trinajstić information content (AvgIpc) is 3.18. The number of rotatable bonds is 5. The number of anilines is 1. The first kappa shape index (κ1) is 19.1. The molecule has 6 nitrogen and oxygen atoms in total. The maximum absolute atomic E-state index is 6.01. The number of nitrogens with two attached hydrogens (primary N) is 1. The van der Waals surface area contributed by atoms with E-state index in [1.807, 2.05) is 18.3 Å². The molecule has 4 heterocycles. The van der Waals surface area contributed by atoms with Crippen LogP contribution >= 0.6 is 22.9 Å². The molecule has 0 spiro atoms. The lowest BCUT2D eigenvalue weighted by Gasteiger charge is -2.27. The maximum atomic E-state index is 6.01. The molecule has 3 aromatic heterocycles. The summed E-state index contributed by atoms with van der Waals surface area (Å²) >= 11 is 7.66. The number of thiazole rings is 1. The topological polar surface area (TPSA) is 77.2 Å². The summed E-state index contributed by atoms with van der Waals surface area (Å²) in [5.74, 6) is 1.47. The lowest BCUT2D eigenvalue weighted by Crippen LogP contribution is -2.29. The largest absolute Gasteiger partial charge is 0.485 e. The van der Waals surface area contributed by atoms with Gasteiger partial charge in [-0.1, -0.05) is 11.6 Å². The van der Waals surface area contributed by atoms with Gasteiger partial charge in [0.25, 0.3) is 0 Å². The van der Waals surface area contributed by atoms with Gasteiger partial charge in [-0.15, -0.1) is 11.3 Å². The van der Waals surface area contributed by atoms with Gasteiger partial charge in [0.1, 0.15) is 11.8 Å². The van der Waals surface area contributed by atoms with Gasteiger partial charge in [0.05, 0.1) is 9.88 Å². The Bertz CT molecular complexity index is 955. The Hall–Kier alpha value is -2.22. The highest BCUT2D eigenvalue weighted by atomic mass is 35.5. The Morgan fingerprint density at radius 1 is 1.21 bits per heavy atom. The molecule has 146 valence electrons. The predicted octanol–water partition coefficient (Wildman–Crippen LogP) is 4.22. The summed E-state index contributed by atoms with van der Waals surface area (Å²) in [5.41, 5.74) is 7.89. The van der Waals surface area contributed by atoms with Crippen molar-refractivity contribution in [2.24, 2.45) is 0 Å². The van der Waals surface area contributed by atoms with E-state index in [1.54, 1.807) is 29.8 Å². The predicted molar refractivity (Wildman–Crippen MR) is 113 cm³/mol. The molecule has 3 aromatic rings. The van der Waals surface area contributed by atoms with Crippen molar-refractivity contribution >= 4 is 28.8 Å². The second kappa shape index (κ2) is 8.43. The lowest BCUT2D eigenvalue weighted by atomic mass is 9.98. The number of ether oxygens (including phenoxy) is 1. The summed E-state index contributed by atoms with van der Waals surface area (Å²) in [6, 6.07) is 5.56. The standard InChI is InChI=1S/C20H22ClN5OS/c1-26-6-3-14(4-7-26)20-25-11-17(28-20)15-9-16(19(22)24-10-15)27-12-13-2-5-23-18(21)8-13/h2,5,8-11,14H,3-4,6-7,12H2,1H3,(H2,22,24). The van der Waals surface area contributed by atoms with E-state index in [2.05, 4.69) is 26.9 Å². The van der Waals surface area contributed by atoms with Crippen LogP contribution in [0, 0.1) is 0 Å². The molecule has 0 atom stereocenters. The Kier molecular flexibility index (Phi) is 5.75. The molecule has 0 aliphatic carbocycles. The maximum Gasteiger partial charge on any atom is 0.166 e. The van der Waals surface area contributed by atoms with Crippen molar-refractivity contribution in [1.29, 1.82) is 0 Å². The molecule has 1 fully saturated rings. The Morgan fingerprint density at radius 3 is 2.82 bits per heavy atom. The van der Waals surface area contributed by atoms with Crippen LogP contribution in [-0.2, 0) is 6.61 Å². The summed E-state index contributed by atoms with van der Waals surface area (Å²) in [7, 11) is 2.17. The number of aromatic nitrogens is 3. The monoisotopic (exact) mass is 415 g/mol. The fourth-order valence-corrected chi connectivity index (χ4v) is 4.53. The van der Waals surface area contributed by atoms with Crippen LogP contribution < -0.4 is 10.5 Å². The Labute approximate surface area is 173 Å². The molecule has 0 saturated carbocycles. The molecule has 28 heavy (non-hydrogen) atoms. The van der Waals surface area contributed by atoms with Gasteiger partial charge in [-0.3, -0.25) is 0 Å². The zero-order chi connectivity index (χ0) is 19.5. The van der Waals surface area contributed by atoms with E-state index in [-0.39, 0.29) is 0 Å². The SMILES string of the molecule is CN1CCC(c2ncc(-c3cnc(N)c(OCc4ccnc(Cl)c4)c3)s2)CC1. The second-order valence-electron chi connectivity index (χ2n) is 7.02. The molecule has 1 saturated heterocycles. The number of pyridine rings is 2. The first-order valence-corrected chi connectivity index (χ1v) is 10.4. The van der Waals surface area contributed by atoms with Crippen molar-refractivity contribution in [1.82, 2.24) is 19.9 Å². The minimum atomic E-state index is 0.348. The van der Waals surface area contributed by atoms with Crippen molar-refractivity contribution in [2.75, 3.05) is 25.9 Å². The minimum absolute atomic E-state index is 0.348. The average molecular weight is 416 g/mol. The van der Waals surface area contributed by atoms with Crippen LogP contribution in [0.2, 0.25) is 5.15 Å². The number of likely N-dealkylation sites (tertiary alicyclic amines) is 1. The third kappa shape index (κ3) is 4.43. The van der Waals surface area contributed by atoms with Crippen LogP contribution in [0.25, 0.3) is 10.4 Å². The molecule has 1 aliphatic heterocycles. The van der Waals surface area contributed by atoms with Gasteiger partial charge in [0.15, 0.2) is 11.6 Å². The molecule has 8 heteroatoms. The highest BCUT2D eigenvalue weighted by Gasteiger charge is 2.21. The number of hydrogen-bond donors (Lipinski definition) is 1. The van der Waals surface area contributed by atoms with Crippen LogP contribution in [0.1, 0.15) is 29.3 Å². The van der Waals surface area contributed by atoms with E-state index in [9.17, 15) is 0 Å². The van der Waals surface area contributed by atoms with E-state index in [0.29, 0.717) is 29.2 Å². The third-order valence-electron chi connectivity index (χ3n) is 4.94. The number of nitrogens with zero attached hydrogens (tertiary/aromatic N) is 4. The summed E-state index contributed by atoms with van der Waals surface area (Å²) < 4.78 is 5.88. The van der Waals surface area contributed by atoms with Gasteiger partial charge < -0.3 is 15.4 Å². The van der Waals surface area contributed by atoms with E-state index in [4.69, 9.17) is 22.1 Å². The first-order valence-electron chi connectivity index (χ1n) is 9.22. The van der Waals surface area contributed by atoms with Gasteiger partial charge in [0, 0.05) is 30.1 Å². The van der Waals surface area contributed by atoms with Gasteiger partial charge in [0.2, 0.25) is 0 Å². The first-order chi connectivity index (χ1) is 13.6. The lowest BCUT2D eigenvalue weighted by molar-refractivity contribution is 0.255. The van der Waals surface area contributed by atoms with Crippen molar-refractivity contribution < 1.29 is 4.74 Å². The van der Waals surface area contributed by atoms with Crippen LogP contribution in [-0.4, -0.2) is 40.0 Å². The minimum Gasteiger partial charge on any atom is -0.485 e. The summed E-state index contributed by atoms with van der Waals surface area (Å²) in [6.07, 6.45) is 7.68. The summed E-state index contributed by atoms with van der Waals surface area (Å²) in [4.78, 5) is 16.4. The van der Waals surface area contributed by atoms with Crippen molar-refractivity contribution in [2.45, 2.75) is 25.4 Å². The number of halogens is 1. The molecule has 1 aliphatic rings. The zero-order valence-corrected chi connectivity index (χ0v) is 17.2. The molecular weight excluding hydrogens is 394 g/mol. The molecule has 0 amide bonds. The molecular formula is C20H22ClN5OS. The Balaban J connectivity index is 1.49. The number of piperidine rings is 1. The second-order valence-corrected chi connectivity index (χ2v) is 8.47. The van der Waals surface area contributed by atoms with Gasteiger partial charge in [-0.05, 0) is 56.7 Å². The fraction of sp³-hybridized carbons (Fsp3) is 0.350. The number of nitrogen functional groups attached to an aromatic ring is 1. The van der Waals surface area contributed by atoms with E-state index in [0.717, 1.165) is 41.9 Å². The van der Waals surface area contributed by atoms with Gasteiger partial charge >= 0.3 is 0 Å². The molecule has 4 rings (SSSR count). The van der Waals surface area contributed by atoms with Crippen LogP contribution in [0.15, 0.2) is 36.8 Å². The fourth-order valence-electron chi connectivity index (χ4n) is 3.26. The molecule has 0 unspecified atom stereocenters. The highest BCUT2D eigenvalue weighted by molar-refractivity contribution is 7.15. The zero-order valence-electron chi connectivity index (χ0n) is 15.6. The molecule has 2 N–H and O–H groups in total. The third-order valence-corrected chi connectivity index (χ3v) is 6.36. The van der Waals surface area contributed by atoms with Crippen LogP contribution in [0.4, 0.5) is 5.82 Å². The van der Waals surface area contributed by atoms with Crippen molar-refractivity contribution in [3.05, 3.63) is 52.5 Å². The molecule has 0 aromatic carbocycles. The normalized spacial score (nSPS) is 15.6. The summed E-state index contributed by atoms with van der Waals surface area (Å²) in [6.45, 7) is 2.60. The van der Waals surface area contributed by atoms with Crippen LogP contribution in [0.5, 0.6) is 5.75 Å². The number of hydrogen-bond acceptors (Lipinski definition) is 7. The van der Waals surface area contributed by atoms with E-state index < -0.39 is 0 Å². The van der Waals surface area contributed by atoms with E-state index >= 15 is 0 Å². The van der Waals surface area contributed by atoms with E-state index in [1.165, 1.54) is 5.01 Å². The highest BCUT2D eigenvalue weighted by Crippen LogP contribution is 2.36. The van der Waals surface area contributed by atoms with Gasteiger partial charge in [-0.25, -0.2) is 15.0 Å². The molecule has 0 radical (unpaired) electrons. The van der Waals surface area contributed by atoms with Crippen molar-refractivity contribution in [3.8, 4) is 16.2 Å². The molecule has 0 bridgehead atoms. The Morgan fingerprint density at radius 2 is 2.04 bits per heavy atom. The summed E-state index contributed by atoms with van der Waals surface area (Å²) in [5, 5.41) is 1.64. The van der Waals surface area contributed by atoms with Gasteiger partial charge in [-0.2, -0.15) is 0 Å². The van der Waals surface area contributed by atoms with Crippen LogP contribution in [0.3, 0.4) is 0 Å². The smallest absolute Gasteiger partial charge is 0.166 e. The van der Waals surface area contributed by atoms with Crippen molar-refractivity contribution in [3.63, 3.8) is 0 Å². The quantitative estimate of drug-likeness (QED) is 0.628.